The van der Waals surface area contributed by atoms with Crippen LogP contribution >= 0.6 is 21.6 Å². The van der Waals surface area contributed by atoms with Crippen molar-refractivity contribution in [3.63, 3.8) is 0 Å². The Hall–Kier alpha value is -4.86. The molecule has 4 rings (SSSR count). The molecule has 9 N–H and O–H groups in total. The van der Waals surface area contributed by atoms with E-state index in [9.17, 15) is 43.5 Å². The lowest BCUT2D eigenvalue weighted by atomic mass is 10.1. The van der Waals surface area contributed by atoms with Crippen molar-refractivity contribution < 1.29 is 48.2 Å². The maximum absolute atomic E-state index is 14.1. The molecule has 0 saturated carbocycles. The number of carbonyl (C=O) groups excluding carboxylic acids is 7. The summed E-state index contributed by atoms with van der Waals surface area (Å²) in [6.07, 6.45) is 2.87. The van der Waals surface area contributed by atoms with E-state index in [1.807, 2.05) is 24.3 Å². The second-order valence-corrected chi connectivity index (χ2v) is 17.0. The molecule has 21 heteroatoms. The number of hydrogen-bond donors (Lipinski definition) is 8. The highest BCUT2D eigenvalue weighted by molar-refractivity contribution is 8.76. The lowest BCUT2D eigenvalue weighted by Gasteiger charge is -2.32. The molecule has 0 bridgehead atoms. The standard InChI is InChI=1S/C38H55N9O10S2/c1-23-38(56)47(13-10-25-20-40-27-8-4-3-7-26(25)27)24(2)35(53)45-30(34(39)52)22-59-58-18-11-31(48)43-28(9-5-6-12-46-14-16-57-17-15-46)36(54)41-21-32(49)44-29(19-33(50)51)37(55)42-23/h3-4,7-8,20,23-24,28-30,40H,5-6,9-19,21-22H2,1-2H3,(H2,39,52)(H,41,54)(H,42,55)(H,43,48)(H,44,49)(H,45,53)(H,50,51). The van der Waals surface area contributed by atoms with E-state index in [1.54, 1.807) is 6.20 Å². The van der Waals surface area contributed by atoms with Crippen LogP contribution in [0.5, 0.6) is 0 Å². The number of fused-ring (bicyclic) bond motifs is 1. The van der Waals surface area contributed by atoms with Crippen molar-refractivity contribution in [2.45, 2.75) is 82.6 Å². The first-order valence-corrected chi connectivity index (χ1v) is 22.1. The minimum atomic E-state index is -1.64. The zero-order valence-corrected chi connectivity index (χ0v) is 34.9. The van der Waals surface area contributed by atoms with Crippen LogP contribution in [-0.2, 0) is 49.5 Å². The van der Waals surface area contributed by atoms with Gasteiger partial charge < -0.3 is 52.0 Å². The van der Waals surface area contributed by atoms with E-state index in [2.05, 4.69) is 36.5 Å². The molecule has 3 heterocycles. The molecule has 0 radical (unpaired) electrons. The third kappa shape index (κ3) is 15.0. The second-order valence-electron chi connectivity index (χ2n) is 14.4. The van der Waals surface area contributed by atoms with E-state index < -0.39 is 90.5 Å². The van der Waals surface area contributed by atoms with Crippen molar-refractivity contribution in [1.82, 2.24) is 41.4 Å². The predicted molar refractivity (Wildman–Crippen MR) is 222 cm³/mol. The maximum Gasteiger partial charge on any atom is 0.305 e. The van der Waals surface area contributed by atoms with Gasteiger partial charge in [-0.05, 0) is 57.7 Å². The van der Waals surface area contributed by atoms with Crippen LogP contribution in [0, 0.1) is 0 Å². The second kappa shape index (κ2) is 23.7. The van der Waals surface area contributed by atoms with Gasteiger partial charge in [0.2, 0.25) is 41.4 Å². The Labute approximate surface area is 350 Å². The van der Waals surface area contributed by atoms with E-state index >= 15 is 0 Å². The van der Waals surface area contributed by atoms with Crippen molar-refractivity contribution in [3.05, 3.63) is 36.0 Å². The van der Waals surface area contributed by atoms with Crippen LogP contribution in [0.1, 0.15) is 51.5 Å². The molecule has 324 valence electrons. The first-order valence-electron chi connectivity index (χ1n) is 19.6. The number of para-hydroxylation sites is 1. The van der Waals surface area contributed by atoms with E-state index in [0.29, 0.717) is 31.8 Å². The molecule has 0 aliphatic carbocycles. The minimum Gasteiger partial charge on any atom is -0.481 e. The number of ether oxygens (including phenoxy) is 1. The lowest BCUT2D eigenvalue weighted by Crippen LogP contribution is -2.59. The fourth-order valence-electron chi connectivity index (χ4n) is 6.60. The summed E-state index contributed by atoms with van der Waals surface area (Å²) in [6, 6.07) is 1.31. The zero-order chi connectivity index (χ0) is 42.9. The molecule has 2 aliphatic rings. The summed E-state index contributed by atoms with van der Waals surface area (Å²) in [5.41, 5.74) is 7.38. The maximum atomic E-state index is 14.1. The average molecular weight is 862 g/mol. The number of morpholine rings is 1. The average Bonchev–Trinajstić information content (AvgIpc) is 3.62. The minimum absolute atomic E-state index is 0.00718. The van der Waals surface area contributed by atoms with Crippen LogP contribution in [-0.4, -0.2) is 155 Å². The first kappa shape index (κ1) is 46.8. The molecular weight excluding hydrogens is 807 g/mol. The number of nitrogens with two attached hydrogens (primary N) is 1. The predicted octanol–water partition coefficient (Wildman–Crippen LogP) is -0.750. The molecular formula is C38H55N9O10S2. The Morgan fingerprint density at radius 2 is 1.61 bits per heavy atom. The topological polar surface area (TPSA) is 274 Å². The molecule has 1 aromatic heterocycles. The Bertz CT molecular complexity index is 1810. The molecule has 1 aromatic carbocycles. The third-order valence-electron chi connectivity index (χ3n) is 9.97. The number of nitrogens with one attached hydrogen (secondary N) is 6. The van der Waals surface area contributed by atoms with Gasteiger partial charge in [-0.2, -0.15) is 0 Å². The van der Waals surface area contributed by atoms with E-state index in [1.165, 1.54) is 40.3 Å². The zero-order valence-electron chi connectivity index (χ0n) is 33.3. The number of carbonyl (C=O) groups is 8. The Morgan fingerprint density at radius 1 is 0.881 bits per heavy atom. The highest BCUT2D eigenvalue weighted by Gasteiger charge is 2.34. The van der Waals surface area contributed by atoms with E-state index in [0.717, 1.165) is 42.5 Å². The van der Waals surface area contributed by atoms with Crippen LogP contribution in [0.2, 0.25) is 0 Å². The highest BCUT2D eigenvalue weighted by atomic mass is 33.1. The largest absolute Gasteiger partial charge is 0.481 e. The van der Waals surface area contributed by atoms with Gasteiger partial charge in [-0.1, -0.05) is 39.8 Å². The summed E-state index contributed by atoms with van der Waals surface area (Å²) >= 11 is 0. The summed E-state index contributed by atoms with van der Waals surface area (Å²) in [4.78, 5) is 111. The van der Waals surface area contributed by atoms with Gasteiger partial charge in [0.25, 0.3) is 0 Å². The SMILES string of the molecule is CC1NC(=O)C(CC(=O)O)NC(=O)CNC(=O)C(CCCCN2CCOCC2)NC(=O)CCSSCC(C(N)=O)NC(=O)C(C)N(CCc2c[nH]c3ccccc23)C1=O. The van der Waals surface area contributed by atoms with Crippen LogP contribution in [0.4, 0.5) is 0 Å². The molecule has 2 aliphatic heterocycles. The van der Waals surface area contributed by atoms with Crippen molar-refractivity contribution >= 4 is 79.8 Å². The number of nitrogens with zero attached hydrogens (tertiary/aromatic N) is 2. The van der Waals surface area contributed by atoms with E-state index in [4.69, 9.17) is 10.5 Å². The number of H-pyrrole nitrogens is 1. The monoisotopic (exact) mass is 861 g/mol. The molecule has 2 fully saturated rings. The van der Waals surface area contributed by atoms with Crippen molar-refractivity contribution in [3.8, 4) is 0 Å². The van der Waals surface area contributed by atoms with Gasteiger partial charge >= 0.3 is 5.97 Å². The number of unbranched alkanes of at least 4 members (excludes halogenated alkanes) is 1. The number of amides is 7. The van der Waals surface area contributed by atoms with Crippen LogP contribution in [0.3, 0.4) is 0 Å². The van der Waals surface area contributed by atoms with Gasteiger partial charge in [-0.3, -0.25) is 43.3 Å². The first-order chi connectivity index (χ1) is 28.2. The van der Waals surface area contributed by atoms with Gasteiger partial charge in [0.05, 0.1) is 26.2 Å². The Morgan fingerprint density at radius 3 is 2.34 bits per heavy atom. The van der Waals surface area contributed by atoms with Crippen molar-refractivity contribution in [1.29, 1.82) is 0 Å². The van der Waals surface area contributed by atoms with Crippen LogP contribution < -0.4 is 32.3 Å². The number of carboxylic acid groups (broad SMARTS) is 1. The van der Waals surface area contributed by atoms with Gasteiger partial charge in [0, 0.05) is 54.7 Å². The fourth-order valence-corrected chi connectivity index (χ4v) is 8.77. The molecule has 7 amide bonds. The lowest BCUT2D eigenvalue weighted by molar-refractivity contribution is -0.144. The number of primary amides is 1. The number of benzene rings is 1. The summed E-state index contributed by atoms with van der Waals surface area (Å²) in [7, 11) is 2.48. The van der Waals surface area contributed by atoms with Gasteiger partial charge in [0.1, 0.15) is 30.2 Å². The number of aliphatic carboxylic acids is 1. The summed E-state index contributed by atoms with van der Waals surface area (Å²) in [5, 5.41) is 23.1. The van der Waals surface area contributed by atoms with Crippen molar-refractivity contribution in [2.75, 3.05) is 57.4 Å². The normalized spacial score (nSPS) is 24.4. The number of aromatic nitrogens is 1. The van der Waals surface area contributed by atoms with Crippen molar-refractivity contribution in [2.24, 2.45) is 5.73 Å². The summed E-state index contributed by atoms with van der Waals surface area (Å²) < 4.78 is 5.39. The number of aromatic amines is 1. The molecule has 2 aromatic rings. The molecule has 5 atom stereocenters. The van der Waals surface area contributed by atoms with Gasteiger partial charge in [-0.25, -0.2) is 0 Å². The van der Waals surface area contributed by atoms with Crippen LogP contribution in [0.25, 0.3) is 10.9 Å². The fraction of sp³-hybridized carbons (Fsp3) is 0.579. The molecule has 2 saturated heterocycles. The Kier molecular flexibility index (Phi) is 18.8. The molecule has 0 spiro atoms. The molecule has 5 unspecified atom stereocenters. The summed E-state index contributed by atoms with van der Waals surface area (Å²) in [5.74, 6) is -6.20. The molecule has 59 heavy (non-hydrogen) atoms. The number of carboxylic acids is 1. The number of rotatable bonds is 11. The third-order valence-corrected chi connectivity index (χ3v) is 12.4. The highest BCUT2D eigenvalue weighted by Crippen LogP contribution is 2.23. The smallest absolute Gasteiger partial charge is 0.305 e. The van der Waals surface area contributed by atoms with E-state index in [-0.39, 0.29) is 25.1 Å². The summed E-state index contributed by atoms with van der Waals surface area (Å²) in [6.45, 7) is 5.90. The molecule has 19 nitrogen and oxygen atoms in total. The van der Waals surface area contributed by atoms with Crippen LogP contribution in [0.15, 0.2) is 30.5 Å². The number of hydrogen-bond acceptors (Lipinski definition) is 12. The quantitative estimate of drug-likeness (QED) is 0.102. The van der Waals surface area contributed by atoms with Gasteiger partial charge in [-0.15, -0.1) is 0 Å². The van der Waals surface area contributed by atoms with Gasteiger partial charge in [0.15, 0.2) is 0 Å². The Balaban J connectivity index is 1.52.